The number of carbonyl (C=O) groups is 1. The summed E-state index contributed by atoms with van der Waals surface area (Å²) in [6.07, 6.45) is 0.0982. The molecule has 0 bridgehead atoms. The molecule has 1 N–H and O–H groups in total. The van der Waals surface area contributed by atoms with E-state index in [2.05, 4.69) is 15.2 Å². The molecule has 1 aliphatic rings. The molecule has 0 saturated carbocycles. The van der Waals surface area contributed by atoms with Gasteiger partial charge in [0, 0.05) is 48.2 Å². The topological polar surface area (TPSA) is 54.5 Å². The van der Waals surface area contributed by atoms with E-state index in [-0.39, 0.29) is 30.3 Å². The van der Waals surface area contributed by atoms with E-state index in [0.717, 1.165) is 28.2 Å². The highest BCUT2D eigenvalue weighted by Crippen LogP contribution is 2.33. The minimum absolute atomic E-state index is 0.0520. The van der Waals surface area contributed by atoms with E-state index >= 15 is 4.39 Å². The summed E-state index contributed by atoms with van der Waals surface area (Å²) in [7, 11) is 0. The first-order chi connectivity index (χ1) is 13.7. The van der Waals surface area contributed by atoms with Gasteiger partial charge in [0.05, 0.1) is 12.7 Å². The molecule has 2 heterocycles. The third-order valence-electron chi connectivity index (χ3n) is 5.11. The number of hydrogen-bond acceptors (Lipinski definition) is 4. The van der Waals surface area contributed by atoms with Gasteiger partial charge in [0.1, 0.15) is 5.82 Å². The lowest BCUT2D eigenvalue weighted by atomic mass is 9.97. The second-order valence-corrected chi connectivity index (χ2v) is 8.10. The van der Waals surface area contributed by atoms with Gasteiger partial charge in [-0.15, -0.1) is 0 Å². The first-order valence-electron chi connectivity index (χ1n) is 10.2. The first-order valence-corrected chi connectivity index (χ1v) is 10.2. The van der Waals surface area contributed by atoms with Crippen molar-refractivity contribution >= 4 is 11.6 Å². The lowest BCUT2D eigenvalue weighted by molar-refractivity contribution is -0.124. The maximum absolute atomic E-state index is 15.4. The molecule has 156 valence electrons. The number of aromatic nitrogens is 1. The Bertz CT molecular complexity index is 878. The summed E-state index contributed by atoms with van der Waals surface area (Å²) in [6, 6.07) is 7.35. The van der Waals surface area contributed by atoms with Crippen molar-refractivity contribution in [2.75, 3.05) is 24.6 Å². The highest BCUT2D eigenvalue weighted by atomic mass is 19.1. The van der Waals surface area contributed by atoms with Crippen LogP contribution in [0.25, 0.3) is 11.1 Å². The van der Waals surface area contributed by atoms with Crippen LogP contribution in [0.1, 0.15) is 37.7 Å². The van der Waals surface area contributed by atoms with Crippen molar-refractivity contribution in [1.29, 1.82) is 0 Å². The van der Waals surface area contributed by atoms with E-state index in [1.807, 2.05) is 52.8 Å². The molecule has 3 rings (SSSR count). The fourth-order valence-electron chi connectivity index (χ4n) is 3.71. The maximum Gasteiger partial charge on any atom is 0.222 e. The second kappa shape index (κ2) is 8.91. The highest BCUT2D eigenvalue weighted by molar-refractivity contribution is 5.79. The Labute approximate surface area is 172 Å². The van der Waals surface area contributed by atoms with Crippen molar-refractivity contribution in [2.24, 2.45) is 5.92 Å². The second-order valence-electron chi connectivity index (χ2n) is 8.10. The SMILES string of the molecule is Cc1cc(-c2c(F)cc(N3CCOC(C)C3)cc2CNC(=O)C(C)C)cc(C)n1. The maximum atomic E-state index is 15.4. The zero-order chi connectivity index (χ0) is 21.1. The van der Waals surface area contributed by atoms with Gasteiger partial charge < -0.3 is 15.0 Å². The smallest absolute Gasteiger partial charge is 0.222 e. The number of benzene rings is 1. The molecule has 1 unspecified atom stereocenters. The quantitative estimate of drug-likeness (QED) is 0.826. The molecule has 0 radical (unpaired) electrons. The predicted molar refractivity (Wildman–Crippen MR) is 113 cm³/mol. The van der Waals surface area contributed by atoms with Crippen LogP contribution in [0.4, 0.5) is 10.1 Å². The van der Waals surface area contributed by atoms with Crippen LogP contribution < -0.4 is 10.2 Å². The molecule has 1 fully saturated rings. The molecule has 1 aromatic carbocycles. The van der Waals surface area contributed by atoms with Gasteiger partial charge in [0.15, 0.2) is 0 Å². The third-order valence-corrected chi connectivity index (χ3v) is 5.11. The number of anilines is 1. The molecular weight excluding hydrogens is 369 g/mol. The van der Waals surface area contributed by atoms with E-state index < -0.39 is 0 Å². The first kappa shape index (κ1) is 21.2. The molecule has 6 heteroatoms. The zero-order valence-electron chi connectivity index (χ0n) is 17.9. The minimum atomic E-state index is -0.291. The number of carbonyl (C=O) groups excluding carboxylic acids is 1. The third kappa shape index (κ3) is 5.12. The lowest BCUT2D eigenvalue weighted by Gasteiger charge is -2.33. The van der Waals surface area contributed by atoms with Crippen LogP contribution in [0.5, 0.6) is 0 Å². The molecule has 29 heavy (non-hydrogen) atoms. The Kier molecular flexibility index (Phi) is 6.52. The van der Waals surface area contributed by atoms with Gasteiger partial charge in [0.2, 0.25) is 5.91 Å². The van der Waals surface area contributed by atoms with Crippen LogP contribution in [-0.4, -0.2) is 36.7 Å². The van der Waals surface area contributed by atoms with Gasteiger partial charge in [-0.2, -0.15) is 0 Å². The van der Waals surface area contributed by atoms with Crippen LogP contribution in [0.2, 0.25) is 0 Å². The van der Waals surface area contributed by atoms with Crippen molar-refractivity contribution in [1.82, 2.24) is 10.3 Å². The monoisotopic (exact) mass is 399 g/mol. The zero-order valence-corrected chi connectivity index (χ0v) is 17.9. The lowest BCUT2D eigenvalue weighted by Crippen LogP contribution is -2.41. The molecule has 1 aromatic heterocycles. The van der Waals surface area contributed by atoms with Gasteiger partial charge in [-0.1, -0.05) is 13.8 Å². The van der Waals surface area contributed by atoms with Gasteiger partial charge in [-0.05, 0) is 56.2 Å². The molecule has 1 amide bonds. The van der Waals surface area contributed by atoms with Crippen LogP contribution in [0.3, 0.4) is 0 Å². The van der Waals surface area contributed by atoms with Crippen molar-refractivity contribution in [3.8, 4) is 11.1 Å². The number of nitrogens with one attached hydrogen (secondary N) is 1. The molecule has 5 nitrogen and oxygen atoms in total. The summed E-state index contributed by atoms with van der Waals surface area (Å²) in [5, 5.41) is 2.94. The number of halogens is 1. The number of nitrogens with zero attached hydrogens (tertiary/aromatic N) is 2. The van der Waals surface area contributed by atoms with Crippen molar-refractivity contribution < 1.29 is 13.9 Å². The van der Waals surface area contributed by atoms with Gasteiger partial charge >= 0.3 is 0 Å². The molecule has 0 aliphatic carbocycles. The van der Waals surface area contributed by atoms with E-state index in [1.165, 1.54) is 0 Å². The summed E-state index contributed by atoms with van der Waals surface area (Å²) in [5.41, 5.74) is 4.55. The van der Waals surface area contributed by atoms with E-state index in [9.17, 15) is 4.79 Å². The van der Waals surface area contributed by atoms with Crippen LogP contribution in [-0.2, 0) is 16.1 Å². The van der Waals surface area contributed by atoms with E-state index in [4.69, 9.17) is 4.74 Å². The number of ether oxygens (including phenoxy) is 1. The molecule has 0 spiro atoms. The van der Waals surface area contributed by atoms with Crippen LogP contribution >= 0.6 is 0 Å². The van der Waals surface area contributed by atoms with Crippen molar-refractivity contribution in [2.45, 2.75) is 47.3 Å². The molecular formula is C23H30FN3O2. The average molecular weight is 400 g/mol. The van der Waals surface area contributed by atoms with Crippen molar-refractivity contribution in [3.63, 3.8) is 0 Å². The standard InChI is InChI=1S/C23H30FN3O2/c1-14(2)23(28)25-12-19-10-20(27-6-7-29-17(5)13-27)11-21(24)22(19)18-8-15(3)26-16(4)9-18/h8-11,14,17H,6-7,12-13H2,1-5H3,(H,25,28). The Morgan fingerprint density at radius 3 is 2.59 bits per heavy atom. The summed E-state index contributed by atoms with van der Waals surface area (Å²) in [6.45, 7) is 11.8. The molecule has 2 aromatic rings. The summed E-state index contributed by atoms with van der Waals surface area (Å²) < 4.78 is 21.0. The average Bonchev–Trinajstić information content (AvgIpc) is 2.64. The number of aryl methyl sites for hydroxylation is 2. The highest BCUT2D eigenvalue weighted by Gasteiger charge is 2.21. The van der Waals surface area contributed by atoms with Gasteiger partial charge in [-0.3, -0.25) is 9.78 Å². The fraction of sp³-hybridized carbons (Fsp3) is 0.478. The van der Waals surface area contributed by atoms with E-state index in [1.54, 1.807) is 6.07 Å². The number of pyridine rings is 1. The normalized spacial score (nSPS) is 16.9. The van der Waals surface area contributed by atoms with E-state index in [0.29, 0.717) is 25.3 Å². The Hall–Kier alpha value is -2.47. The largest absolute Gasteiger partial charge is 0.375 e. The Balaban J connectivity index is 2.04. The number of rotatable bonds is 5. The van der Waals surface area contributed by atoms with Crippen LogP contribution in [0.15, 0.2) is 24.3 Å². The minimum Gasteiger partial charge on any atom is -0.375 e. The van der Waals surface area contributed by atoms with Gasteiger partial charge in [0.25, 0.3) is 0 Å². The Morgan fingerprint density at radius 1 is 1.28 bits per heavy atom. The fourth-order valence-corrected chi connectivity index (χ4v) is 3.71. The van der Waals surface area contributed by atoms with Gasteiger partial charge in [-0.25, -0.2) is 4.39 Å². The number of hydrogen-bond donors (Lipinski definition) is 1. The Morgan fingerprint density at radius 2 is 1.97 bits per heavy atom. The molecule has 1 saturated heterocycles. The van der Waals surface area contributed by atoms with Crippen molar-refractivity contribution in [3.05, 3.63) is 47.0 Å². The van der Waals surface area contributed by atoms with Crippen LogP contribution in [0, 0.1) is 25.6 Å². The summed E-state index contributed by atoms with van der Waals surface area (Å²) in [4.78, 5) is 18.7. The summed E-state index contributed by atoms with van der Waals surface area (Å²) in [5.74, 6) is -0.471. The predicted octanol–water partition coefficient (Wildman–Crippen LogP) is 4.00. The molecule has 1 aliphatic heterocycles. The summed E-state index contributed by atoms with van der Waals surface area (Å²) >= 11 is 0. The number of morpholine rings is 1. The molecule has 1 atom stereocenters. The number of amides is 1.